The van der Waals surface area contributed by atoms with E-state index in [2.05, 4.69) is 4.99 Å². The maximum atomic E-state index is 13.7. The van der Waals surface area contributed by atoms with Crippen molar-refractivity contribution >= 4 is 29.1 Å². The summed E-state index contributed by atoms with van der Waals surface area (Å²) in [6.45, 7) is 3.64. The summed E-state index contributed by atoms with van der Waals surface area (Å²) in [7, 11) is 1.46. The molecule has 11 heteroatoms. The van der Waals surface area contributed by atoms with E-state index >= 15 is 0 Å². The average Bonchev–Trinajstić information content (AvgIpc) is 3.52. The fraction of sp³-hybridized carbons (Fsp3) is 0.179. The quantitative estimate of drug-likeness (QED) is 0.195. The molecule has 0 aliphatic carbocycles. The van der Waals surface area contributed by atoms with Gasteiger partial charge in [0.2, 0.25) is 0 Å². The molecule has 1 atom stereocenters. The molecule has 1 aliphatic heterocycles. The Hall–Kier alpha value is -4.77. The van der Waals surface area contributed by atoms with E-state index in [-0.39, 0.29) is 17.9 Å². The van der Waals surface area contributed by atoms with Crippen LogP contribution in [0.4, 0.5) is 5.69 Å². The zero-order chi connectivity index (χ0) is 27.7. The Morgan fingerprint density at radius 3 is 2.67 bits per heavy atom. The van der Waals surface area contributed by atoms with Crippen molar-refractivity contribution in [2.75, 3.05) is 13.7 Å². The lowest BCUT2D eigenvalue weighted by Crippen LogP contribution is -2.39. The zero-order valence-corrected chi connectivity index (χ0v) is 22.1. The van der Waals surface area contributed by atoms with Gasteiger partial charge in [-0.15, -0.1) is 0 Å². The number of carbonyl (C=O) groups excluding carboxylic acids is 1. The number of aromatic nitrogens is 1. The van der Waals surface area contributed by atoms with Crippen LogP contribution in [0.25, 0.3) is 17.4 Å². The fourth-order valence-corrected chi connectivity index (χ4v) is 5.48. The fourth-order valence-electron chi connectivity index (χ4n) is 4.45. The maximum Gasteiger partial charge on any atom is 0.338 e. The van der Waals surface area contributed by atoms with E-state index in [9.17, 15) is 19.7 Å². The van der Waals surface area contributed by atoms with Gasteiger partial charge in [0.25, 0.3) is 11.2 Å². The van der Waals surface area contributed by atoms with Crippen molar-refractivity contribution < 1.29 is 23.6 Å². The highest BCUT2D eigenvalue weighted by molar-refractivity contribution is 7.07. The number of allylic oxidation sites excluding steroid dienone is 1. The van der Waals surface area contributed by atoms with Gasteiger partial charge in [0.05, 0.1) is 46.0 Å². The van der Waals surface area contributed by atoms with Crippen molar-refractivity contribution in [1.82, 2.24) is 4.57 Å². The van der Waals surface area contributed by atoms with Gasteiger partial charge in [-0.1, -0.05) is 41.7 Å². The van der Waals surface area contributed by atoms with E-state index in [0.29, 0.717) is 43.4 Å². The normalized spacial score (nSPS) is 15.1. The van der Waals surface area contributed by atoms with Crippen LogP contribution >= 0.6 is 11.3 Å². The molecule has 1 aliphatic rings. The highest BCUT2D eigenvalue weighted by Crippen LogP contribution is 2.35. The van der Waals surface area contributed by atoms with Crippen molar-refractivity contribution in [2.45, 2.75) is 19.9 Å². The Morgan fingerprint density at radius 2 is 1.97 bits per heavy atom. The number of thiazole rings is 1. The number of furan rings is 1. The Morgan fingerprint density at radius 1 is 1.21 bits per heavy atom. The summed E-state index contributed by atoms with van der Waals surface area (Å²) in [5, 5.41) is 11.3. The molecule has 0 unspecified atom stereocenters. The van der Waals surface area contributed by atoms with Crippen molar-refractivity contribution in [3.63, 3.8) is 0 Å². The topological polar surface area (TPSA) is 126 Å². The number of rotatable bonds is 7. The van der Waals surface area contributed by atoms with Gasteiger partial charge in [-0.3, -0.25) is 19.5 Å². The van der Waals surface area contributed by atoms with E-state index in [1.54, 1.807) is 32.1 Å². The third kappa shape index (κ3) is 4.79. The van der Waals surface area contributed by atoms with Crippen LogP contribution in [-0.2, 0) is 9.53 Å². The molecule has 0 spiro atoms. The van der Waals surface area contributed by atoms with E-state index in [4.69, 9.17) is 13.9 Å². The predicted molar refractivity (Wildman–Crippen MR) is 144 cm³/mol. The SMILES string of the molecule is CCOC(=O)C1=C(C)N=c2s/c(=C/c3ccc(-c4cc([N+](=O)[O-])ccc4OC)o3)c(=O)n2[C@@H]1c1ccccc1. The number of non-ortho nitro benzene ring substituents is 1. The smallest absolute Gasteiger partial charge is 0.338 e. The van der Waals surface area contributed by atoms with Crippen molar-refractivity contribution in [3.8, 4) is 17.1 Å². The first-order chi connectivity index (χ1) is 18.8. The molecule has 0 bridgehead atoms. The minimum Gasteiger partial charge on any atom is -0.496 e. The van der Waals surface area contributed by atoms with Crippen LogP contribution in [0.1, 0.15) is 31.2 Å². The van der Waals surface area contributed by atoms with Crippen LogP contribution in [0, 0.1) is 10.1 Å². The van der Waals surface area contributed by atoms with Crippen molar-refractivity contribution in [2.24, 2.45) is 4.99 Å². The molecule has 5 rings (SSSR count). The van der Waals surface area contributed by atoms with Crippen LogP contribution in [0.3, 0.4) is 0 Å². The highest BCUT2D eigenvalue weighted by Gasteiger charge is 2.33. The third-order valence-electron chi connectivity index (χ3n) is 6.19. The van der Waals surface area contributed by atoms with Gasteiger partial charge in [-0.05, 0) is 37.6 Å². The highest BCUT2D eigenvalue weighted by atomic mass is 32.1. The maximum absolute atomic E-state index is 13.7. The molecular weight excluding hydrogens is 522 g/mol. The molecule has 0 saturated carbocycles. The molecule has 39 heavy (non-hydrogen) atoms. The summed E-state index contributed by atoms with van der Waals surface area (Å²) in [6.07, 6.45) is 1.59. The number of ether oxygens (including phenoxy) is 2. The number of nitro groups is 1. The van der Waals surface area contributed by atoms with E-state index in [1.807, 2.05) is 30.3 Å². The van der Waals surface area contributed by atoms with Crippen LogP contribution in [0.15, 0.2) is 86.1 Å². The van der Waals surface area contributed by atoms with Gasteiger partial charge in [0.15, 0.2) is 4.80 Å². The lowest BCUT2D eigenvalue weighted by Gasteiger charge is -2.24. The van der Waals surface area contributed by atoms with Crippen molar-refractivity contribution in [3.05, 3.63) is 113 Å². The Labute approximate surface area is 225 Å². The van der Waals surface area contributed by atoms with Gasteiger partial charge in [-0.2, -0.15) is 0 Å². The van der Waals surface area contributed by atoms with Gasteiger partial charge < -0.3 is 13.9 Å². The number of fused-ring (bicyclic) bond motifs is 1. The lowest BCUT2D eigenvalue weighted by atomic mass is 9.96. The second kappa shape index (κ2) is 10.5. The van der Waals surface area contributed by atoms with Gasteiger partial charge >= 0.3 is 5.97 Å². The Bertz CT molecular complexity index is 1800. The number of methoxy groups -OCH3 is 1. The second-order valence-electron chi connectivity index (χ2n) is 8.56. The zero-order valence-electron chi connectivity index (χ0n) is 21.2. The molecule has 0 radical (unpaired) electrons. The molecule has 2 aromatic heterocycles. The standard InChI is InChI=1S/C28H23N3O7S/c1-4-37-27(33)24-16(2)29-28-30(25(24)17-8-6-5-7-9-17)26(32)23(39-28)15-19-11-13-22(38-19)20-14-18(31(34)35)10-12-21(20)36-3/h5-15,25H,4H2,1-3H3/b23-15+/t25-/m1/s1. The van der Waals surface area contributed by atoms with Gasteiger partial charge in [0, 0.05) is 18.2 Å². The number of carbonyl (C=O) groups is 1. The molecule has 0 N–H and O–H groups in total. The Kier molecular flexibility index (Phi) is 6.99. The van der Waals surface area contributed by atoms with E-state index < -0.39 is 16.9 Å². The number of esters is 1. The van der Waals surface area contributed by atoms with Gasteiger partial charge in [0.1, 0.15) is 17.3 Å². The first kappa shape index (κ1) is 25.9. The monoisotopic (exact) mass is 545 g/mol. The minimum atomic E-state index is -0.704. The molecule has 10 nitrogen and oxygen atoms in total. The van der Waals surface area contributed by atoms with Crippen LogP contribution in [0.2, 0.25) is 0 Å². The third-order valence-corrected chi connectivity index (χ3v) is 7.17. The lowest BCUT2D eigenvalue weighted by molar-refractivity contribution is -0.384. The minimum absolute atomic E-state index is 0.106. The summed E-state index contributed by atoms with van der Waals surface area (Å²) < 4.78 is 18.4. The van der Waals surface area contributed by atoms with Crippen LogP contribution in [-0.4, -0.2) is 29.2 Å². The average molecular weight is 546 g/mol. The summed E-state index contributed by atoms with van der Waals surface area (Å²) in [5.74, 6) is 0.591. The summed E-state index contributed by atoms with van der Waals surface area (Å²) in [6, 6.07) is 16.1. The first-order valence-corrected chi connectivity index (χ1v) is 12.8. The number of hydrogen-bond donors (Lipinski definition) is 0. The number of nitrogens with zero attached hydrogens (tertiary/aromatic N) is 3. The number of hydrogen-bond acceptors (Lipinski definition) is 9. The van der Waals surface area contributed by atoms with E-state index in [0.717, 1.165) is 5.56 Å². The molecule has 198 valence electrons. The molecule has 3 heterocycles. The largest absolute Gasteiger partial charge is 0.496 e. The first-order valence-electron chi connectivity index (χ1n) is 12.0. The van der Waals surface area contributed by atoms with E-state index in [1.165, 1.54) is 41.2 Å². The predicted octanol–water partition coefficient (Wildman–Crippen LogP) is 3.98. The van der Waals surface area contributed by atoms with Gasteiger partial charge in [-0.25, -0.2) is 9.79 Å². The number of nitro benzene ring substituents is 1. The molecule has 0 amide bonds. The number of benzene rings is 2. The van der Waals surface area contributed by atoms with Crippen LogP contribution in [0.5, 0.6) is 5.75 Å². The summed E-state index contributed by atoms with van der Waals surface area (Å²) >= 11 is 1.17. The van der Waals surface area contributed by atoms with Crippen molar-refractivity contribution in [1.29, 1.82) is 0 Å². The summed E-state index contributed by atoms with van der Waals surface area (Å²) in [5.41, 5.74) is 1.50. The molecule has 0 saturated heterocycles. The second-order valence-corrected chi connectivity index (χ2v) is 9.57. The summed E-state index contributed by atoms with van der Waals surface area (Å²) in [4.78, 5) is 42.4. The molecule has 0 fully saturated rings. The molecular formula is C28H23N3O7S. The molecule has 2 aromatic carbocycles. The molecule has 4 aromatic rings. The Balaban J connectivity index is 1.62. The van der Waals surface area contributed by atoms with Crippen LogP contribution < -0.4 is 19.6 Å².